The first-order valence-electron chi connectivity index (χ1n) is 14.6. The third-order valence-electron chi connectivity index (χ3n) is 8.10. The van der Waals surface area contributed by atoms with E-state index in [1.807, 2.05) is 22.9 Å². The number of carbonyl (C=O) groups excluding carboxylic acids is 1. The number of ether oxygens (including phenoxy) is 2. The molecule has 0 bridgehead atoms. The normalized spacial score (nSPS) is 17.7. The standard InChI is InChI=1S/C33H33FN4O4/c1-33(2,3)42-32(40)37-30-28(21-7-6-8-26-25(21)17-35-38(26)27-9-4-5-14-41-27)24-16-22(18-10-11-18)20-13-12-19(34)15-23(20)29(24)36-31(30)39/h6-8,12-13,15-18,27H,4-5,9-11,14H2,1-3H3,(H,36,39)(H,37,40). The van der Waals surface area contributed by atoms with Crippen molar-refractivity contribution < 1.29 is 18.7 Å². The van der Waals surface area contributed by atoms with E-state index in [2.05, 4.69) is 16.4 Å². The summed E-state index contributed by atoms with van der Waals surface area (Å²) in [6.07, 6.45) is 5.92. The number of nitrogens with one attached hydrogen (secondary N) is 2. The van der Waals surface area contributed by atoms with Crippen LogP contribution in [0.25, 0.3) is 43.7 Å². The second-order valence-electron chi connectivity index (χ2n) is 12.3. The van der Waals surface area contributed by atoms with Gasteiger partial charge in [-0.2, -0.15) is 5.10 Å². The van der Waals surface area contributed by atoms with Crippen molar-refractivity contribution in [3.8, 4) is 11.1 Å². The fourth-order valence-corrected chi connectivity index (χ4v) is 6.15. The summed E-state index contributed by atoms with van der Waals surface area (Å²) in [4.78, 5) is 29.8. The summed E-state index contributed by atoms with van der Waals surface area (Å²) in [6.45, 7) is 5.98. The van der Waals surface area contributed by atoms with E-state index in [1.54, 1.807) is 33.0 Å². The molecule has 2 aromatic heterocycles. The van der Waals surface area contributed by atoms with Gasteiger partial charge in [-0.1, -0.05) is 18.2 Å². The fourth-order valence-electron chi connectivity index (χ4n) is 6.15. The van der Waals surface area contributed by atoms with Crippen molar-refractivity contribution in [3.63, 3.8) is 0 Å². The van der Waals surface area contributed by atoms with Crippen molar-refractivity contribution in [1.29, 1.82) is 0 Å². The van der Waals surface area contributed by atoms with Crippen LogP contribution in [-0.4, -0.2) is 33.1 Å². The molecule has 1 aliphatic heterocycles. The van der Waals surface area contributed by atoms with Gasteiger partial charge in [0, 0.05) is 28.3 Å². The van der Waals surface area contributed by atoms with E-state index in [9.17, 15) is 14.0 Å². The Kier molecular flexibility index (Phi) is 6.31. The third kappa shape index (κ3) is 4.71. The number of amides is 1. The van der Waals surface area contributed by atoms with Crippen LogP contribution in [0.15, 0.2) is 53.5 Å². The minimum Gasteiger partial charge on any atom is -0.444 e. The van der Waals surface area contributed by atoms with Crippen LogP contribution >= 0.6 is 0 Å². The predicted octanol–water partition coefficient (Wildman–Crippen LogP) is 7.76. The summed E-state index contributed by atoms with van der Waals surface area (Å²) >= 11 is 0. The van der Waals surface area contributed by atoms with Gasteiger partial charge in [0.05, 0.1) is 17.2 Å². The van der Waals surface area contributed by atoms with E-state index in [0.717, 1.165) is 64.9 Å². The number of hydrogen-bond acceptors (Lipinski definition) is 5. The maximum Gasteiger partial charge on any atom is 0.412 e. The molecule has 8 nitrogen and oxygen atoms in total. The summed E-state index contributed by atoms with van der Waals surface area (Å²) in [5.41, 5.74) is 2.57. The number of halogens is 1. The van der Waals surface area contributed by atoms with Crippen LogP contribution < -0.4 is 10.9 Å². The Morgan fingerprint density at radius 3 is 2.64 bits per heavy atom. The third-order valence-corrected chi connectivity index (χ3v) is 8.10. The molecule has 1 saturated carbocycles. The predicted molar refractivity (Wildman–Crippen MR) is 161 cm³/mol. The van der Waals surface area contributed by atoms with Gasteiger partial charge in [0.15, 0.2) is 6.23 Å². The first-order chi connectivity index (χ1) is 20.2. The molecule has 1 unspecified atom stereocenters. The number of benzene rings is 3. The Bertz CT molecular complexity index is 1930. The molecule has 3 aromatic carbocycles. The lowest BCUT2D eigenvalue weighted by Gasteiger charge is -2.23. The Hall–Kier alpha value is -4.24. The van der Waals surface area contributed by atoms with E-state index >= 15 is 0 Å². The molecule has 7 rings (SSSR count). The van der Waals surface area contributed by atoms with Gasteiger partial charge in [-0.25, -0.2) is 13.9 Å². The number of H-pyrrole nitrogens is 1. The Morgan fingerprint density at radius 1 is 1.07 bits per heavy atom. The first kappa shape index (κ1) is 26.6. The molecule has 2 aliphatic rings. The number of hydrogen-bond donors (Lipinski definition) is 2. The van der Waals surface area contributed by atoms with Crippen LogP contribution in [0, 0.1) is 5.82 Å². The Morgan fingerprint density at radius 2 is 1.90 bits per heavy atom. The molecule has 2 fully saturated rings. The van der Waals surface area contributed by atoms with Crippen molar-refractivity contribution >= 4 is 44.4 Å². The molecule has 5 aromatic rings. The molecule has 2 N–H and O–H groups in total. The summed E-state index contributed by atoms with van der Waals surface area (Å²) in [6, 6.07) is 12.6. The number of aromatic nitrogens is 3. The number of pyridine rings is 1. The van der Waals surface area contributed by atoms with Crippen molar-refractivity contribution in [1.82, 2.24) is 14.8 Å². The molecule has 9 heteroatoms. The molecule has 216 valence electrons. The van der Waals surface area contributed by atoms with Gasteiger partial charge >= 0.3 is 6.09 Å². The number of nitrogens with zero attached hydrogens (tertiary/aromatic N) is 2. The number of aromatic amines is 1. The lowest BCUT2D eigenvalue weighted by Crippen LogP contribution is -2.29. The highest BCUT2D eigenvalue weighted by atomic mass is 19.1. The van der Waals surface area contributed by atoms with Crippen LogP contribution in [0.5, 0.6) is 0 Å². The zero-order valence-electron chi connectivity index (χ0n) is 23.9. The van der Waals surface area contributed by atoms with Crippen molar-refractivity contribution in [2.75, 3.05) is 11.9 Å². The zero-order valence-corrected chi connectivity index (χ0v) is 23.9. The van der Waals surface area contributed by atoms with Gasteiger partial charge < -0.3 is 14.5 Å². The van der Waals surface area contributed by atoms with Gasteiger partial charge in [-0.15, -0.1) is 0 Å². The molecule has 1 atom stereocenters. The number of carbonyl (C=O) groups is 1. The highest BCUT2D eigenvalue weighted by Gasteiger charge is 2.29. The second-order valence-corrected chi connectivity index (χ2v) is 12.3. The zero-order chi connectivity index (χ0) is 29.2. The molecule has 1 amide bonds. The number of fused-ring (bicyclic) bond motifs is 4. The fraction of sp³-hybridized carbons (Fsp3) is 0.364. The van der Waals surface area contributed by atoms with E-state index in [0.29, 0.717) is 29.0 Å². The molecular weight excluding hydrogens is 535 g/mol. The maximum atomic E-state index is 14.6. The van der Waals surface area contributed by atoms with E-state index in [1.165, 1.54) is 12.1 Å². The molecule has 42 heavy (non-hydrogen) atoms. The average Bonchev–Trinajstić information content (AvgIpc) is 3.70. The summed E-state index contributed by atoms with van der Waals surface area (Å²) in [7, 11) is 0. The Balaban J connectivity index is 1.53. The van der Waals surface area contributed by atoms with Gasteiger partial charge in [-0.05, 0) is 99.6 Å². The molecule has 1 aliphatic carbocycles. The molecule has 0 spiro atoms. The monoisotopic (exact) mass is 568 g/mol. The first-order valence-corrected chi connectivity index (χ1v) is 14.6. The van der Waals surface area contributed by atoms with Crippen LogP contribution in [0.1, 0.15) is 70.6 Å². The topological polar surface area (TPSA) is 98.2 Å². The quantitative estimate of drug-likeness (QED) is 0.216. The summed E-state index contributed by atoms with van der Waals surface area (Å²) in [5.74, 6) is -0.0302. The van der Waals surface area contributed by atoms with Crippen molar-refractivity contribution in [2.24, 2.45) is 0 Å². The number of rotatable bonds is 4. The SMILES string of the molecule is CC(C)(C)OC(=O)Nc1c(-c2cccc3c2cnn3C2CCCCO2)c2cc(C3CC3)c3ccc(F)cc3c2[nH]c1=O. The maximum absolute atomic E-state index is 14.6. The highest BCUT2D eigenvalue weighted by Crippen LogP contribution is 2.47. The van der Waals surface area contributed by atoms with Gasteiger partial charge in [0.25, 0.3) is 5.56 Å². The van der Waals surface area contributed by atoms with Gasteiger partial charge in [-0.3, -0.25) is 10.1 Å². The van der Waals surface area contributed by atoms with Gasteiger partial charge in [0.2, 0.25) is 0 Å². The molecular formula is C33H33FN4O4. The van der Waals surface area contributed by atoms with Crippen molar-refractivity contribution in [3.05, 3.63) is 70.4 Å². The number of anilines is 1. The minimum atomic E-state index is -0.762. The van der Waals surface area contributed by atoms with Crippen LogP contribution in [0.2, 0.25) is 0 Å². The van der Waals surface area contributed by atoms with E-state index < -0.39 is 17.3 Å². The minimum absolute atomic E-state index is 0.0726. The largest absolute Gasteiger partial charge is 0.444 e. The van der Waals surface area contributed by atoms with E-state index in [-0.39, 0.29) is 17.7 Å². The second kappa shape index (κ2) is 9.94. The molecule has 3 heterocycles. The highest BCUT2D eigenvalue weighted by molar-refractivity contribution is 6.17. The van der Waals surface area contributed by atoms with Crippen molar-refractivity contribution in [2.45, 2.75) is 70.6 Å². The smallest absolute Gasteiger partial charge is 0.412 e. The van der Waals surface area contributed by atoms with Crippen LogP contribution in [0.3, 0.4) is 0 Å². The lowest BCUT2D eigenvalue weighted by atomic mass is 9.91. The summed E-state index contributed by atoms with van der Waals surface area (Å²) in [5, 5.41) is 10.5. The van der Waals surface area contributed by atoms with E-state index in [4.69, 9.17) is 14.6 Å². The average molecular weight is 569 g/mol. The lowest BCUT2D eigenvalue weighted by molar-refractivity contribution is -0.0366. The Labute approximate surface area is 241 Å². The van der Waals surface area contributed by atoms with Crippen LogP contribution in [0.4, 0.5) is 14.9 Å². The summed E-state index contributed by atoms with van der Waals surface area (Å²) < 4.78 is 28.1. The molecule has 0 radical (unpaired) electrons. The molecule has 1 saturated heterocycles. The van der Waals surface area contributed by atoms with Gasteiger partial charge in [0.1, 0.15) is 17.1 Å². The van der Waals surface area contributed by atoms with Crippen LogP contribution in [-0.2, 0) is 9.47 Å².